The molecule has 2 aromatic rings. The largest absolute Gasteiger partial charge is 0.493 e. The summed E-state index contributed by atoms with van der Waals surface area (Å²) in [6.45, 7) is 8.15. The monoisotopic (exact) mass is 370 g/mol. The van der Waals surface area contributed by atoms with Crippen LogP contribution in [0.4, 0.5) is 5.69 Å². The van der Waals surface area contributed by atoms with Crippen LogP contribution in [0, 0.1) is 20.8 Å². The molecule has 0 heterocycles. The zero-order chi connectivity index (χ0) is 20.0. The lowest BCUT2D eigenvalue weighted by Crippen LogP contribution is -2.33. The van der Waals surface area contributed by atoms with E-state index in [1.165, 1.54) is 7.11 Å². The van der Waals surface area contributed by atoms with Gasteiger partial charge in [0.1, 0.15) is 0 Å². The number of anilines is 1. The van der Waals surface area contributed by atoms with E-state index in [1.54, 1.807) is 18.2 Å². The third-order valence-electron chi connectivity index (χ3n) is 4.08. The summed E-state index contributed by atoms with van der Waals surface area (Å²) in [6.07, 6.45) is 0. The molecule has 2 rings (SSSR count). The maximum atomic E-state index is 12.3. The molecular formula is C21H26N2O4. The van der Waals surface area contributed by atoms with Crippen molar-refractivity contribution in [2.45, 2.75) is 27.7 Å². The molecule has 0 unspecified atom stereocenters. The standard InChI is InChI=1S/C21H26N2O4/c1-6-27-17-8-7-16(11-18(17)26-5)21(25)22-12-19(24)23-20-14(3)9-13(2)10-15(20)4/h7-11H,6,12H2,1-5H3,(H,22,25)(H,23,24). The van der Waals surface area contributed by atoms with Crippen LogP contribution in [-0.2, 0) is 4.79 Å². The second-order valence-corrected chi connectivity index (χ2v) is 6.30. The van der Waals surface area contributed by atoms with Gasteiger partial charge in [-0.1, -0.05) is 17.7 Å². The molecule has 0 aliphatic heterocycles. The van der Waals surface area contributed by atoms with Crippen molar-refractivity contribution in [3.63, 3.8) is 0 Å². The summed E-state index contributed by atoms with van der Waals surface area (Å²) in [4.78, 5) is 24.6. The molecule has 0 atom stereocenters. The lowest BCUT2D eigenvalue weighted by molar-refractivity contribution is -0.115. The Hall–Kier alpha value is -3.02. The molecule has 2 N–H and O–H groups in total. The van der Waals surface area contributed by atoms with Crippen LogP contribution in [0.25, 0.3) is 0 Å². The first-order chi connectivity index (χ1) is 12.8. The number of methoxy groups -OCH3 is 1. The van der Waals surface area contributed by atoms with Gasteiger partial charge >= 0.3 is 0 Å². The fraction of sp³-hybridized carbons (Fsp3) is 0.333. The van der Waals surface area contributed by atoms with Gasteiger partial charge in [0, 0.05) is 11.3 Å². The molecule has 0 fully saturated rings. The predicted octanol–water partition coefficient (Wildman–Crippen LogP) is 3.39. The van der Waals surface area contributed by atoms with Crippen molar-refractivity contribution < 1.29 is 19.1 Å². The lowest BCUT2D eigenvalue weighted by atomic mass is 10.1. The number of carbonyl (C=O) groups excluding carboxylic acids is 2. The molecule has 144 valence electrons. The van der Waals surface area contributed by atoms with E-state index in [4.69, 9.17) is 9.47 Å². The first-order valence-corrected chi connectivity index (χ1v) is 8.82. The van der Waals surface area contributed by atoms with Gasteiger partial charge in [-0.2, -0.15) is 0 Å². The average Bonchev–Trinajstić information content (AvgIpc) is 2.63. The molecule has 0 saturated carbocycles. The fourth-order valence-electron chi connectivity index (χ4n) is 2.91. The fourth-order valence-corrected chi connectivity index (χ4v) is 2.91. The van der Waals surface area contributed by atoms with Crippen LogP contribution >= 0.6 is 0 Å². The van der Waals surface area contributed by atoms with E-state index in [-0.39, 0.29) is 18.4 Å². The van der Waals surface area contributed by atoms with Crippen molar-refractivity contribution in [2.24, 2.45) is 0 Å². The Kier molecular flexibility index (Phi) is 6.82. The van der Waals surface area contributed by atoms with Crippen molar-refractivity contribution in [1.82, 2.24) is 5.32 Å². The summed E-state index contributed by atoms with van der Waals surface area (Å²) in [7, 11) is 1.51. The molecule has 0 saturated heterocycles. The Morgan fingerprint density at radius 2 is 1.67 bits per heavy atom. The normalized spacial score (nSPS) is 10.3. The minimum Gasteiger partial charge on any atom is -0.493 e. The van der Waals surface area contributed by atoms with Crippen molar-refractivity contribution in [3.05, 3.63) is 52.6 Å². The smallest absolute Gasteiger partial charge is 0.251 e. The SMILES string of the molecule is CCOc1ccc(C(=O)NCC(=O)Nc2c(C)cc(C)cc2C)cc1OC. The van der Waals surface area contributed by atoms with Gasteiger partial charge in [-0.25, -0.2) is 0 Å². The highest BCUT2D eigenvalue weighted by molar-refractivity contribution is 6.00. The zero-order valence-electron chi connectivity index (χ0n) is 16.4. The Morgan fingerprint density at radius 3 is 2.26 bits per heavy atom. The second kappa shape index (κ2) is 9.07. The molecule has 6 heteroatoms. The summed E-state index contributed by atoms with van der Waals surface area (Å²) in [5.41, 5.74) is 4.29. The molecule has 2 amide bonds. The highest BCUT2D eigenvalue weighted by Gasteiger charge is 2.13. The van der Waals surface area contributed by atoms with Crippen LogP contribution in [-0.4, -0.2) is 32.1 Å². The summed E-state index contributed by atoms with van der Waals surface area (Å²) in [5, 5.41) is 5.49. The van der Waals surface area contributed by atoms with Gasteiger partial charge in [0.2, 0.25) is 5.91 Å². The number of rotatable bonds is 7. The minimum atomic E-state index is -0.358. The third-order valence-corrected chi connectivity index (χ3v) is 4.08. The Morgan fingerprint density at radius 1 is 1.00 bits per heavy atom. The average molecular weight is 370 g/mol. The molecule has 27 heavy (non-hydrogen) atoms. The molecule has 0 spiro atoms. The predicted molar refractivity (Wildman–Crippen MR) is 106 cm³/mol. The van der Waals surface area contributed by atoms with Gasteiger partial charge in [-0.15, -0.1) is 0 Å². The van der Waals surface area contributed by atoms with E-state index in [0.29, 0.717) is 23.7 Å². The summed E-state index contributed by atoms with van der Waals surface area (Å²) < 4.78 is 10.7. The number of benzene rings is 2. The number of amides is 2. The second-order valence-electron chi connectivity index (χ2n) is 6.30. The van der Waals surface area contributed by atoms with Crippen LogP contribution in [0.1, 0.15) is 34.0 Å². The van der Waals surface area contributed by atoms with E-state index in [9.17, 15) is 9.59 Å². The minimum absolute atomic E-state index is 0.124. The van der Waals surface area contributed by atoms with E-state index >= 15 is 0 Å². The van der Waals surface area contributed by atoms with Gasteiger partial charge in [0.15, 0.2) is 11.5 Å². The van der Waals surface area contributed by atoms with Crippen LogP contribution in [0.2, 0.25) is 0 Å². The topological polar surface area (TPSA) is 76.7 Å². The van der Waals surface area contributed by atoms with Crippen molar-refractivity contribution in [1.29, 1.82) is 0 Å². The van der Waals surface area contributed by atoms with E-state index in [0.717, 1.165) is 22.4 Å². The Bertz CT molecular complexity index is 823. The van der Waals surface area contributed by atoms with Gasteiger partial charge in [-0.05, 0) is 57.0 Å². The first-order valence-electron chi connectivity index (χ1n) is 8.82. The Balaban J connectivity index is 2.00. The number of hydrogen-bond acceptors (Lipinski definition) is 4. The van der Waals surface area contributed by atoms with E-state index in [2.05, 4.69) is 10.6 Å². The number of nitrogens with one attached hydrogen (secondary N) is 2. The summed E-state index contributed by atoms with van der Waals surface area (Å²) >= 11 is 0. The molecule has 0 bridgehead atoms. The molecule has 0 aromatic heterocycles. The van der Waals surface area contributed by atoms with Gasteiger partial charge in [-0.3, -0.25) is 9.59 Å². The highest BCUT2D eigenvalue weighted by Crippen LogP contribution is 2.28. The zero-order valence-corrected chi connectivity index (χ0v) is 16.4. The number of carbonyl (C=O) groups is 2. The Labute approximate surface area is 159 Å². The quantitative estimate of drug-likeness (QED) is 0.783. The summed E-state index contributed by atoms with van der Waals surface area (Å²) in [6, 6.07) is 8.92. The number of ether oxygens (including phenoxy) is 2. The van der Waals surface area contributed by atoms with Gasteiger partial charge in [0.05, 0.1) is 20.3 Å². The van der Waals surface area contributed by atoms with Gasteiger partial charge in [0.25, 0.3) is 5.91 Å². The van der Waals surface area contributed by atoms with Crippen LogP contribution in [0.5, 0.6) is 11.5 Å². The molecule has 2 aromatic carbocycles. The molecular weight excluding hydrogens is 344 g/mol. The maximum Gasteiger partial charge on any atom is 0.251 e. The van der Waals surface area contributed by atoms with Crippen LogP contribution < -0.4 is 20.1 Å². The van der Waals surface area contributed by atoms with E-state index < -0.39 is 0 Å². The molecule has 0 aliphatic rings. The molecule has 0 radical (unpaired) electrons. The van der Waals surface area contributed by atoms with Crippen LogP contribution in [0.3, 0.4) is 0 Å². The van der Waals surface area contributed by atoms with Crippen LogP contribution in [0.15, 0.2) is 30.3 Å². The summed E-state index contributed by atoms with van der Waals surface area (Å²) in [5.74, 6) is 0.402. The third kappa shape index (κ3) is 5.23. The number of hydrogen-bond donors (Lipinski definition) is 2. The highest BCUT2D eigenvalue weighted by atomic mass is 16.5. The molecule has 0 aliphatic carbocycles. The van der Waals surface area contributed by atoms with Crippen molar-refractivity contribution >= 4 is 17.5 Å². The number of aryl methyl sites for hydroxylation is 3. The van der Waals surface area contributed by atoms with Crippen molar-refractivity contribution in [2.75, 3.05) is 25.6 Å². The lowest BCUT2D eigenvalue weighted by Gasteiger charge is -2.14. The van der Waals surface area contributed by atoms with Crippen molar-refractivity contribution in [3.8, 4) is 11.5 Å². The van der Waals surface area contributed by atoms with E-state index in [1.807, 2.05) is 39.8 Å². The van der Waals surface area contributed by atoms with Gasteiger partial charge < -0.3 is 20.1 Å². The molecule has 6 nitrogen and oxygen atoms in total. The first kappa shape index (κ1) is 20.3. The maximum absolute atomic E-state index is 12.3.